The van der Waals surface area contributed by atoms with Crippen LogP contribution in [0, 0.1) is 18.8 Å². The van der Waals surface area contributed by atoms with Crippen LogP contribution >= 0.6 is 0 Å². The van der Waals surface area contributed by atoms with Crippen LogP contribution in [0.4, 0.5) is 11.5 Å². The van der Waals surface area contributed by atoms with Crippen molar-refractivity contribution in [2.45, 2.75) is 33.6 Å². The molecule has 4 rings (SSSR count). The van der Waals surface area contributed by atoms with E-state index in [1.165, 1.54) is 6.42 Å². The molecule has 166 valence electrons. The molecule has 0 aliphatic carbocycles. The number of carbonyl (C=O) groups excluding carboxylic acids is 1. The monoisotopic (exact) mass is 431 g/mol. The first kappa shape index (κ1) is 21.8. The van der Waals surface area contributed by atoms with Gasteiger partial charge in [-0.25, -0.2) is 9.78 Å². The van der Waals surface area contributed by atoms with Gasteiger partial charge in [0, 0.05) is 24.2 Å². The molecule has 6 nitrogen and oxygen atoms in total. The van der Waals surface area contributed by atoms with Crippen molar-refractivity contribution in [3.8, 4) is 0 Å². The second kappa shape index (κ2) is 8.99. The van der Waals surface area contributed by atoms with E-state index in [1.807, 2.05) is 31.2 Å². The van der Waals surface area contributed by atoms with Gasteiger partial charge in [-0.3, -0.25) is 4.79 Å². The van der Waals surface area contributed by atoms with Crippen LogP contribution < -0.4 is 10.2 Å². The van der Waals surface area contributed by atoms with Crippen LogP contribution in [0.1, 0.15) is 41.8 Å². The Hall–Kier alpha value is -3.41. The second-order valence-corrected chi connectivity index (χ2v) is 9.13. The van der Waals surface area contributed by atoms with Crippen molar-refractivity contribution in [2.75, 3.05) is 23.3 Å². The fraction of sp³-hybridized carbons (Fsp3) is 0.346. The quantitative estimate of drug-likeness (QED) is 0.600. The highest BCUT2D eigenvalue weighted by atomic mass is 16.4. The maximum Gasteiger partial charge on any atom is 0.336 e. The number of amides is 1. The van der Waals surface area contributed by atoms with E-state index >= 15 is 0 Å². The highest BCUT2D eigenvalue weighted by molar-refractivity contribution is 6.05. The van der Waals surface area contributed by atoms with Gasteiger partial charge in [0.05, 0.1) is 17.5 Å². The number of rotatable bonds is 5. The molecule has 1 aromatic heterocycles. The van der Waals surface area contributed by atoms with Crippen molar-refractivity contribution in [3.63, 3.8) is 0 Å². The zero-order valence-corrected chi connectivity index (χ0v) is 18.8. The number of aryl methyl sites for hydroxylation is 1. The molecular formula is C26H29N3O3. The van der Waals surface area contributed by atoms with Gasteiger partial charge in [0.1, 0.15) is 5.82 Å². The average molecular weight is 432 g/mol. The van der Waals surface area contributed by atoms with Crippen molar-refractivity contribution in [1.82, 2.24) is 4.98 Å². The minimum absolute atomic E-state index is 0.147. The molecule has 3 aromatic rings. The molecule has 2 atom stereocenters. The van der Waals surface area contributed by atoms with Gasteiger partial charge in [-0.05, 0) is 55.0 Å². The molecule has 2 aromatic carbocycles. The fourth-order valence-electron chi connectivity index (χ4n) is 4.58. The molecule has 32 heavy (non-hydrogen) atoms. The van der Waals surface area contributed by atoms with Crippen LogP contribution in [0.5, 0.6) is 0 Å². The second-order valence-electron chi connectivity index (χ2n) is 9.13. The van der Waals surface area contributed by atoms with Crippen LogP contribution in [-0.2, 0) is 11.2 Å². The molecule has 1 fully saturated rings. The summed E-state index contributed by atoms with van der Waals surface area (Å²) in [6, 6.07) is 14.7. The van der Waals surface area contributed by atoms with E-state index in [-0.39, 0.29) is 17.9 Å². The third-order valence-corrected chi connectivity index (χ3v) is 5.99. The van der Waals surface area contributed by atoms with Crippen LogP contribution in [0.3, 0.4) is 0 Å². The summed E-state index contributed by atoms with van der Waals surface area (Å²) in [5.41, 5.74) is 3.45. The lowest BCUT2D eigenvalue weighted by atomic mass is 9.92. The first-order valence-electron chi connectivity index (χ1n) is 11.1. The van der Waals surface area contributed by atoms with Gasteiger partial charge in [-0.2, -0.15) is 0 Å². The maximum atomic E-state index is 12.5. The van der Waals surface area contributed by atoms with E-state index in [1.54, 1.807) is 24.3 Å². The number of aromatic nitrogens is 1. The third kappa shape index (κ3) is 4.90. The number of carboxylic acids is 1. The van der Waals surface area contributed by atoms with E-state index in [0.29, 0.717) is 34.2 Å². The van der Waals surface area contributed by atoms with Gasteiger partial charge in [0.15, 0.2) is 0 Å². The van der Waals surface area contributed by atoms with Gasteiger partial charge < -0.3 is 15.3 Å². The summed E-state index contributed by atoms with van der Waals surface area (Å²) in [5, 5.41) is 13.3. The molecule has 2 N–H and O–H groups in total. The van der Waals surface area contributed by atoms with Crippen LogP contribution in [0.25, 0.3) is 10.9 Å². The molecule has 0 radical (unpaired) electrons. The number of anilines is 2. The average Bonchev–Trinajstić information content (AvgIpc) is 2.73. The number of aromatic carboxylic acids is 1. The molecule has 2 heterocycles. The van der Waals surface area contributed by atoms with E-state index in [0.717, 1.165) is 24.2 Å². The summed E-state index contributed by atoms with van der Waals surface area (Å²) in [6.45, 7) is 8.18. The number of fused-ring (bicyclic) bond motifs is 1. The Morgan fingerprint density at radius 2 is 1.75 bits per heavy atom. The number of nitrogens with one attached hydrogen (secondary N) is 1. The zero-order chi connectivity index (χ0) is 22.8. The maximum absolute atomic E-state index is 12.5. The third-order valence-electron chi connectivity index (χ3n) is 5.99. The number of nitrogens with zero attached hydrogens (tertiary/aromatic N) is 2. The largest absolute Gasteiger partial charge is 0.478 e. The smallest absolute Gasteiger partial charge is 0.336 e. The van der Waals surface area contributed by atoms with Crippen LogP contribution in [0.15, 0.2) is 48.5 Å². The highest BCUT2D eigenvalue weighted by Gasteiger charge is 2.24. The van der Waals surface area contributed by atoms with E-state index in [9.17, 15) is 14.7 Å². The lowest BCUT2D eigenvalue weighted by Crippen LogP contribution is -2.39. The van der Waals surface area contributed by atoms with Crippen molar-refractivity contribution in [2.24, 2.45) is 11.8 Å². The molecule has 1 aliphatic heterocycles. The minimum Gasteiger partial charge on any atom is -0.478 e. The van der Waals surface area contributed by atoms with Gasteiger partial charge in [-0.1, -0.05) is 43.7 Å². The number of carbonyl (C=O) groups is 2. The zero-order valence-electron chi connectivity index (χ0n) is 18.8. The number of pyridine rings is 1. The standard InChI is InChI=1S/C26H29N3O3/c1-16-4-6-19(7-5-16)11-25(30)27-20-8-9-23-21(12-20)22(26(31)32)13-24(28-23)29-14-17(2)10-18(3)15-29/h4-9,12-13,17-18H,10-11,14-15H2,1-3H3,(H,27,30)(H,31,32). The highest BCUT2D eigenvalue weighted by Crippen LogP contribution is 2.30. The van der Waals surface area contributed by atoms with Gasteiger partial charge >= 0.3 is 5.97 Å². The summed E-state index contributed by atoms with van der Waals surface area (Å²) >= 11 is 0. The van der Waals surface area contributed by atoms with E-state index in [2.05, 4.69) is 24.1 Å². The number of hydrogen-bond donors (Lipinski definition) is 2. The molecule has 0 spiro atoms. The van der Waals surface area contributed by atoms with Gasteiger partial charge in [-0.15, -0.1) is 0 Å². The Morgan fingerprint density at radius 1 is 1.06 bits per heavy atom. The first-order valence-corrected chi connectivity index (χ1v) is 11.1. The van der Waals surface area contributed by atoms with Crippen molar-refractivity contribution < 1.29 is 14.7 Å². The van der Waals surface area contributed by atoms with Crippen LogP contribution in [0.2, 0.25) is 0 Å². The predicted octanol–water partition coefficient (Wildman–Crippen LogP) is 4.90. The summed E-state index contributed by atoms with van der Waals surface area (Å²) in [5.74, 6) is 0.626. The van der Waals surface area contributed by atoms with E-state index < -0.39 is 5.97 Å². The Bertz CT molecular complexity index is 1150. The molecule has 0 bridgehead atoms. The fourth-order valence-corrected chi connectivity index (χ4v) is 4.58. The molecule has 1 amide bonds. The summed E-state index contributed by atoms with van der Waals surface area (Å²) in [6.07, 6.45) is 1.42. The summed E-state index contributed by atoms with van der Waals surface area (Å²) < 4.78 is 0. The Balaban J connectivity index is 1.60. The minimum atomic E-state index is -1.00. The molecule has 1 aliphatic rings. The number of piperidine rings is 1. The first-order chi connectivity index (χ1) is 15.3. The number of carboxylic acid groups (broad SMARTS) is 1. The lowest BCUT2D eigenvalue weighted by Gasteiger charge is -2.36. The molecule has 1 saturated heterocycles. The van der Waals surface area contributed by atoms with Crippen molar-refractivity contribution in [3.05, 3.63) is 65.2 Å². The van der Waals surface area contributed by atoms with Gasteiger partial charge in [0.2, 0.25) is 5.91 Å². The predicted molar refractivity (Wildman–Crippen MR) is 127 cm³/mol. The van der Waals surface area contributed by atoms with Crippen molar-refractivity contribution in [1.29, 1.82) is 0 Å². The SMILES string of the molecule is Cc1ccc(CC(=O)Nc2ccc3nc(N4CC(C)CC(C)C4)cc(C(=O)O)c3c2)cc1. The lowest BCUT2D eigenvalue weighted by molar-refractivity contribution is -0.115. The normalized spacial score (nSPS) is 18.5. The summed E-state index contributed by atoms with van der Waals surface area (Å²) in [7, 11) is 0. The summed E-state index contributed by atoms with van der Waals surface area (Å²) in [4.78, 5) is 31.5. The van der Waals surface area contributed by atoms with Crippen LogP contribution in [-0.4, -0.2) is 35.1 Å². The molecule has 0 saturated carbocycles. The topological polar surface area (TPSA) is 82.5 Å². The van der Waals surface area contributed by atoms with E-state index in [4.69, 9.17) is 4.98 Å². The van der Waals surface area contributed by atoms with Gasteiger partial charge in [0.25, 0.3) is 0 Å². The molecule has 6 heteroatoms. The number of hydrogen-bond acceptors (Lipinski definition) is 4. The Labute approximate surface area is 188 Å². The molecule has 2 unspecified atom stereocenters. The number of benzene rings is 2. The molecular weight excluding hydrogens is 402 g/mol. The Morgan fingerprint density at radius 3 is 2.41 bits per heavy atom. The Kier molecular flexibility index (Phi) is 6.12. The van der Waals surface area contributed by atoms with Crippen molar-refractivity contribution >= 4 is 34.3 Å².